The number of nitrogens with zero attached hydrogens (tertiary/aromatic N) is 2. The molecule has 7 nitrogen and oxygen atoms in total. The monoisotopic (exact) mass is 432 g/mol. The smallest absolute Gasteiger partial charge is 0.231 e. The Labute approximate surface area is 182 Å². The van der Waals surface area contributed by atoms with Crippen molar-refractivity contribution in [1.82, 2.24) is 10.2 Å². The molecule has 30 heavy (non-hydrogen) atoms. The molecule has 1 saturated carbocycles. The summed E-state index contributed by atoms with van der Waals surface area (Å²) in [5.41, 5.74) is 6.08. The highest BCUT2D eigenvalue weighted by atomic mass is 35.5. The molecule has 1 fully saturated rings. The summed E-state index contributed by atoms with van der Waals surface area (Å²) in [6.07, 6.45) is 1.74. The van der Waals surface area contributed by atoms with E-state index in [-0.39, 0.29) is 35.7 Å². The lowest BCUT2D eigenvalue weighted by molar-refractivity contribution is -0.130. The van der Waals surface area contributed by atoms with Gasteiger partial charge in [0, 0.05) is 29.5 Å². The lowest BCUT2D eigenvalue weighted by Gasteiger charge is -2.38. The number of nitrogens with one attached hydrogen (secondary N) is 1. The van der Waals surface area contributed by atoms with Gasteiger partial charge in [-0.15, -0.1) is 0 Å². The van der Waals surface area contributed by atoms with Gasteiger partial charge in [-0.1, -0.05) is 17.7 Å². The Morgan fingerprint density at radius 2 is 2.10 bits per heavy atom. The van der Waals surface area contributed by atoms with Crippen LogP contribution in [-0.4, -0.2) is 40.4 Å². The van der Waals surface area contributed by atoms with Gasteiger partial charge in [0.05, 0.1) is 18.0 Å². The number of carbonyl (C=O) groups excluding carboxylic acids is 2. The van der Waals surface area contributed by atoms with Crippen LogP contribution in [0.15, 0.2) is 23.2 Å². The van der Waals surface area contributed by atoms with Gasteiger partial charge < -0.3 is 15.8 Å². The lowest BCUT2D eigenvalue weighted by atomic mass is 9.89. The molecule has 0 bridgehead atoms. The van der Waals surface area contributed by atoms with Gasteiger partial charge in [0.25, 0.3) is 0 Å². The van der Waals surface area contributed by atoms with Gasteiger partial charge in [-0.3, -0.25) is 14.5 Å². The maximum absolute atomic E-state index is 12.9. The van der Waals surface area contributed by atoms with Gasteiger partial charge in [0.2, 0.25) is 11.8 Å². The molecule has 162 valence electrons. The van der Waals surface area contributed by atoms with E-state index in [0.717, 1.165) is 12.0 Å². The third-order valence-electron chi connectivity index (χ3n) is 6.00. The standard InChI is InChI=1S/C22H29ClN4O3/c1-21(2)10-18(28)27(20(24)26-21)11-12-7-15(12)19(29)25-16-9-22(3,4)30-17-8-13(23)5-6-14(16)17/h5-6,8,12,15-16H,7,9-11H2,1-4H3,(H2,24,26)(H,25,29)/t12-,15+,16?/m0/s1. The van der Waals surface area contributed by atoms with E-state index < -0.39 is 11.1 Å². The van der Waals surface area contributed by atoms with Crippen LogP contribution in [0.25, 0.3) is 0 Å². The fourth-order valence-corrected chi connectivity index (χ4v) is 4.60. The highest BCUT2D eigenvalue weighted by molar-refractivity contribution is 6.30. The number of nitrogens with two attached hydrogens (primary N) is 1. The summed E-state index contributed by atoms with van der Waals surface area (Å²) < 4.78 is 6.04. The molecule has 2 heterocycles. The number of benzene rings is 1. The highest BCUT2D eigenvalue weighted by Crippen LogP contribution is 2.43. The van der Waals surface area contributed by atoms with Crippen molar-refractivity contribution in [2.75, 3.05) is 6.54 Å². The molecule has 3 N–H and O–H groups in total. The molecule has 3 atom stereocenters. The summed E-state index contributed by atoms with van der Waals surface area (Å²) in [6.45, 7) is 8.22. The quantitative estimate of drug-likeness (QED) is 0.764. The second kappa shape index (κ2) is 7.15. The van der Waals surface area contributed by atoms with E-state index in [1.807, 2.05) is 39.8 Å². The third kappa shape index (κ3) is 4.26. The average molecular weight is 433 g/mol. The summed E-state index contributed by atoms with van der Waals surface area (Å²) in [4.78, 5) is 31.3. The maximum Gasteiger partial charge on any atom is 0.231 e. The lowest BCUT2D eigenvalue weighted by Crippen LogP contribution is -2.50. The van der Waals surface area contributed by atoms with E-state index in [2.05, 4.69) is 10.3 Å². The Morgan fingerprint density at radius 1 is 1.37 bits per heavy atom. The molecular weight excluding hydrogens is 404 g/mol. The number of aliphatic imine (C=N–C) groups is 1. The van der Waals surface area contributed by atoms with E-state index in [4.69, 9.17) is 22.1 Å². The van der Waals surface area contributed by atoms with Crippen molar-refractivity contribution in [2.45, 2.75) is 64.1 Å². The second-order valence-electron chi connectivity index (χ2n) is 9.88. The number of amides is 2. The van der Waals surface area contributed by atoms with Gasteiger partial charge in [0.1, 0.15) is 11.4 Å². The minimum Gasteiger partial charge on any atom is -0.487 e. The Morgan fingerprint density at radius 3 is 2.80 bits per heavy atom. The fourth-order valence-electron chi connectivity index (χ4n) is 4.44. The summed E-state index contributed by atoms with van der Waals surface area (Å²) in [5, 5.41) is 3.79. The van der Waals surface area contributed by atoms with Gasteiger partial charge in [0.15, 0.2) is 5.96 Å². The Kier molecular flexibility index (Phi) is 5.00. The van der Waals surface area contributed by atoms with Crippen LogP contribution < -0.4 is 15.8 Å². The molecule has 0 saturated heterocycles. The predicted octanol–water partition coefficient (Wildman–Crippen LogP) is 3.02. The topological polar surface area (TPSA) is 97.0 Å². The number of halogens is 1. The van der Waals surface area contributed by atoms with Gasteiger partial charge in [-0.25, -0.2) is 4.99 Å². The van der Waals surface area contributed by atoms with E-state index in [1.54, 1.807) is 6.07 Å². The van der Waals surface area contributed by atoms with Crippen LogP contribution in [0.5, 0.6) is 5.75 Å². The number of rotatable bonds is 4. The second-order valence-corrected chi connectivity index (χ2v) is 10.3. The normalized spacial score (nSPS) is 28.8. The molecule has 0 spiro atoms. The molecule has 0 aromatic heterocycles. The zero-order chi connectivity index (χ0) is 21.8. The first kappa shape index (κ1) is 21.0. The molecule has 1 unspecified atom stereocenters. The van der Waals surface area contributed by atoms with E-state index in [1.165, 1.54) is 4.90 Å². The van der Waals surface area contributed by atoms with Crippen LogP contribution in [0.1, 0.15) is 58.6 Å². The molecule has 1 aromatic rings. The third-order valence-corrected chi connectivity index (χ3v) is 6.24. The summed E-state index contributed by atoms with van der Waals surface area (Å²) >= 11 is 6.12. The number of carbonyl (C=O) groups is 2. The van der Waals surface area contributed by atoms with Crippen molar-refractivity contribution < 1.29 is 14.3 Å². The van der Waals surface area contributed by atoms with Crippen molar-refractivity contribution in [3.05, 3.63) is 28.8 Å². The van der Waals surface area contributed by atoms with Crippen LogP contribution in [0, 0.1) is 11.8 Å². The minimum absolute atomic E-state index is 0.00361. The van der Waals surface area contributed by atoms with E-state index in [9.17, 15) is 9.59 Å². The van der Waals surface area contributed by atoms with Gasteiger partial charge >= 0.3 is 0 Å². The molecule has 4 rings (SSSR count). The molecule has 8 heteroatoms. The Balaban J connectivity index is 1.41. The number of guanidine groups is 1. The summed E-state index contributed by atoms with van der Waals surface area (Å²) in [7, 11) is 0. The largest absolute Gasteiger partial charge is 0.487 e. The highest BCUT2D eigenvalue weighted by Gasteiger charge is 2.47. The minimum atomic E-state index is -0.468. The predicted molar refractivity (Wildman–Crippen MR) is 115 cm³/mol. The van der Waals surface area contributed by atoms with E-state index >= 15 is 0 Å². The fraction of sp³-hybridized carbons (Fsp3) is 0.591. The van der Waals surface area contributed by atoms with Crippen molar-refractivity contribution in [3.8, 4) is 5.75 Å². The first-order valence-electron chi connectivity index (χ1n) is 10.4. The number of hydrogen-bond donors (Lipinski definition) is 2. The van der Waals surface area contributed by atoms with Crippen LogP contribution >= 0.6 is 11.6 Å². The molecular formula is C22H29ClN4O3. The van der Waals surface area contributed by atoms with Crippen LogP contribution in [0.4, 0.5) is 0 Å². The van der Waals surface area contributed by atoms with Crippen molar-refractivity contribution in [1.29, 1.82) is 0 Å². The van der Waals surface area contributed by atoms with Gasteiger partial charge in [-0.2, -0.15) is 0 Å². The molecule has 0 radical (unpaired) electrons. The average Bonchev–Trinajstić information content (AvgIpc) is 3.35. The van der Waals surface area contributed by atoms with Crippen LogP contribution in [0.2, 0.25) is 5.02 Å². The number of fused-ring (bicyclic) bond motifs is 1. The van der Waals surface area contributed by atoms with E-state index in [0.29, 0.717) is 30.2 Å². The van der Waals surface area contributed by atoms with Crippen molar-refractivity contribution in [3.63, 3.8) is 0 Å². The summed E-state index contributed by atoms with van der Waals surface area (Å²) in [6, 6.07) is 5.38. The first-order valence-corrected chi connectivity index (χ1v) is 10.8. The van der Waals surface area contributed by atoms with Crippen molar-refractivity contribution >= 4 is 29.4 Å². The first-order chi connectivity index (χ1) is 13.9. The SMILES string of the molecule is CC1(C)CC(=O)N(C[C@@H]2C[C@H]2C(=O)NC2CC(C)(C)Oc3cc(Cl)ccc32)C(N)=N1. The Bertz CT molecular complexity index is 927. The summed E-state index contributed by atoms with van der Waals surface area (Å²) in [5.74, 6) is 0.907. The maximum atomic E-state index is 12.9. The zero-order valence-corrected chi connectivity index (χ0v) is 18.6. The van der Waals surface area contributed by atoms with Crippen molar-refractivity contribution in [2.24, 2.45) is 22.6 Å². The zero-order valence-electron chi connectivity index (χ0n) is 17.9. The van der Waals surface area contributed by atoms with Crippen LogP contribution in [-0.2, 0) is 9.59 Å². The van der Waals surface area contributed by atoms with Crippen LogP contribution in [0.3, 0.4) is 0 Å². The molecule has 2 amide bonds. The van der Waals surface area contributed by atoms with Gasteiger partial charge in [-0.05, 0) is 52.2 Å². The molecule has 3 aliphatic rings. The number of ether oxygens (including phenoxy) is 1. The molecule has 1 aromatic carbocycles. The molecule has 1 aliphatic carbocycles. The molecule has 2 aliphatic heterocycles. The Hall–Kier alpha value is -2.28. The number of hydrogen-bond acceptors (Lipinski definition) is 5.